The van der Waals surface area contributed by atoms with Crippen molar-refractivity contribution in [2.24, 2.45) is 12.8 Å². The minimum absolute atomic E-state index is 0.311. The Bertz CT molecular complexity index is 580. The summed E-state index contributed by atoms with van der Waals surface area (Å²) in [5.41, 5.74) is 6.59. The highest BCUT2D eigenvalue weighted by Gasteiger charge is 2.41. The van der Waals surface area contributed by atoms with E-state index in [9.17, 15) is 8.42 Å². The van der Waals surface area contributed by atoms with Gasteiger partial charge < -0.3 is 5.73 Å². The van der Waals surface area contributed by atoms with E-state index < -0.39 is 15.6 Å². The topological polar surface area (TPSA) is 81.2 Å². The van der Waals surface area contributed by atoms with Crippen molar-refractivity contribution >= 4 is 10.0 Å². The molecule has 0 fully saturated rings. The highest BCUT2D eigenvalue weighted by molar-refractivity contribution is 7.89. The van der Waals surface area contributed by atoms with E-state index in [1.807, 2.05) is 20.8 Å². The highest BCUT2D eigenvalue weighted by Crippen LogP contribution is 2.32. The number of likely N-dealkylation sites (N-methyl/N-ethyl adjacent to an activating group) is 1. The summed E-state index contributed by atoms with van der Waals surface area (Å²) >= 11 is 0. The molecule has 1 aromatic rings. The number of aromatic nitrogens is 2. The van der Waals surface area contributed by atoms with Gasteiger partial charge in [-0.05, 0) is 26.7 Å². The van der Waals surface area contributed by atoms with E-state index in [1.54, 1.807) is 29.9 Å². The van der Waals surface area contributed by atoms with Gasteiger partial charge in [-0.15, -0.1) is 0 Å². The molecule has 0 aliphatic carbocycles. The van der Waals surface area contributed by atoms with Gasteiger partial charge in [0.25, 0.3) is 0 Å². The van der Waals surface area contributed by atoms with E-state index in [2.05, 4.69) is 5.10 Å². The third kappa shape index (κ3) is 2.86. The van der Waals surface area contributed by atoms with E-state index in [-0.39, 0.29) is 0 Å². The average molecular weight is 316 g/mol. The first kappa shape index (κ1) is 18.1. The first-order chi connectivity index (χ1) is 9.71. The molecule has 0 spiro atoms. The molecule has 0 saturated carbocycles. The van der Waals surface area contributed by atoms with Crippen LogP contribution in [-0.4, -0.2) is 41.1 Å². The highest BCUT2D eigenvalue weighted by atomic mass is 32.2. The molecule has 0 radical (unpaired) electrons. The molecule has 2 N–H and O–H groups in total. The Labute approximate surface area is 128 Å². The molecule has 0 saturated heterocycles. The molecule has 1 aromatic heterocycles. The molecule has 7 heteroatoms. The molecule has 1 heterocycles. The van der Waals surface area contributed by atoms with Gasteiger partial charge in [-0.1, -0.05) is 20.8 Å². The van der Waals surface area contributed by atoms with Crippen LogP contribution in [0, 0.1) is 13.8 Å². The summed E-state index contributed by atoms with van der Waals surface area (Å²) in [4.78, 5) is 0.312. The number of nitrogens with zero attached hydrogens (tertiary/aromatic N) is 3. The van der Waals surface area contributed by atoms with E-state index in [0.717, 1.165) is 0 Å². The lowest BCUT2D eigenvalue weighted by Crippen LogP contribution is -2.55. The van der Waals surface area contributed by atoms with Crippen LogP contribution >= 0.6 is 0 Å². The van der Waals surface area contributed by atoms with Crippen LogP contribution in [0.2, 0.25) is 0 Å². The molecule has 0 aromatic carbocycles. The zero-order valence-electron chi connectivity index (χ0n) is 14.0. The summed E-state index contributed by atoms with van der Waals surface area (Å²) in [5, 5.41) is 4.23. The Kier molecular flexibility index (Phi) is 5.57. The number of aryl methyl sites for hydroxylation is 2. The molecular weight excluding hydrogens is 288 g/mol. The number of hydrogen-bond donors (Lipinski definition) is 1. The Morgan fingerprint density at radius 1 is 1.24 bits per heavy atom. The molecule has 0 unspecified atom stereocenters. The fourth-order valence-corrected chi connectivity index (χ4v) is 5.31. The molecule has 122 valence electrons. The number of rotatable bonds is 7. The van der Waals surface area contributed by atoms with Gasteiger partial charge in [-0.25, -0.2) is 8.42 Å². The summed E-state index contributed by atoms with van der Waals surface area (Å²) in [7, 11) is -1.86. The van der Waals surface area contributed by atoms with Crippen molar-refractivity contribution in [3.05, 3.63) is 11.4 Å². The van der Waals surface area contributed by atoms with Crippen LogP contribution in [0.1, 0.15) is 45.0 Å². The van der Waals surface area contributed by atoms with Gasteiger partial charge in [-0.3, -0.25) is 4.68 Å². The van der Waals surface area contributed by atoms with Crippen molar-refractivity contribution in [2.75, 3.05) is 13.1 Å². The van der Waals surface area contributed by atoms with E-state index in [1.165, 1.54) is 0 Å². The predicted molar refractivity (Wildman–Crippen MR) is 84.6 cm³/mol. The summed E-state index contributed by atoms with van der Waals surface area (Å²) in [6.45, 7) is 10.0. The zero-order chi connectivity index (χ0) is 16.4. The van der Waals surface area contributed by atoms with Gasteiger partial charge in [0.15, 0.2) is 0 Å². The lowest BCUT2D eigenvalue weighted by atomic mass is 9.93. The lowest BCUT2D eigenvalue weighted by molar-refractivity contribution is 0.184. The minimum atomic E-state index is -3.62. The Morgan fingerprint density at radius 2 is 1.76 bits per heavy atom. The lowest BCUT2D eigenvalue weighted by Gasteiger charge is -2.40. The molecule has 0 aliphatic heterocycles. The van der Waals surface area contributed by atoms with Crippen LogP contribution in [0.3, 0.4) is 0 Å². The summed E-state index contributed by atoms with van der Waals surface area (Å²) < 4.78 is 29.5. The Morgan fingerprint density at radius 3 is 2.05 bits per heavy atom. The number of sulfonamides is 1. The van der Waals surface area contributed by atoms with Crippen LogP contribution < -0.4 is 5.73 Å². The van der Waals surface area contributed by atoms with Crippen LogP contribution in [0.15, 0.2) is 4.90 Å². The quantitative estimate of drug-likeness (QED) is 0.828. The third-order valence-electron chi connectivity index (χ3n) is 4.50. The maximum atomic E-state index is 13.2. The summed E-state index contributed by atoms with van der Waals surface area (Å²) in [6, 6.07) is 0. The van der Waals surface area contributed by atoms with Crippen LogP contribution in [0.4, 0.5) is 0 Å². The molecule has 0 aliphatic rings. The van der Waals surface area contributed by atoms with Crippen LogP contribution in [-0.2, 0) is 17.1 Å². The number of hydrogen-bond acceptors (Lipinski definition) is 4. The monoisotopic (exact) mass is 316 g/mol. The van der Waals surface area contributed by atoms with E-state index >= 15 is 0 Å². The van der Waals surface area contributed by atoms with Crippen molar-refractivity contribution in [1.82, 2.24) is 14.1 Å². The van der Waals surface area contributed by atoms with Gasteiger partial charge >= 0.3 is 0 Å². The largest absolute Gasteiger partial charge is 0.329 e. The normalized spacial score (nSPS) is 13.1. The van der Waals surface area contributed by atoms with Crippen molar-refractivity contribution in [2.45, 2.75) is 57.9 Å². The zero-order valence-corrected chi connectivity index (χ0v) is 14.8. The van der Waals surface area contributed by atoms with Crippen LogP contribution in [0.25, 0.3) is 0 Å². The van der Waals surface area contributed by atoms with Crippen molar-refractivity contribution in [1.29, 1.82) is 0 Å². The van der Waals surface area contributed by atoms with Crippen LogP contribution in [0.5, 0.6) is 0 Å². The molecule has 0 amide bonds. The fourth-order valence-electron chi connectivity index (χ4n) is 2.99. The SMILES string of the molecule is CCN(C(CC)(CC)CN)S(=O)(=O)c1c(C)nn(C)c1C. The minimum Gasteiger partial charge on any atom is -0.329 e. The average Bonchev–Trinajstić information content (AvgIpc) is 2.69. The molecule has 6 nitrogen and oxygen atoms in total. The summed E-state index contributed by atoms with van der Waals surface area (Å²) in [5.74, 6) is 0. The smallest absolute Gasteiger partial charge is 0.247 e. The third-order valence-corrected chi connectivity index (χ3v) is 6.84. The molecular formula is C14H28N4O2S. The summed E-state index contributed by atoms with van der Waals surface area (Å²) in [6.07, 6.45) is 1.37. The maximum Gasteiger partial charge on any atom is 0.247 e. The maximum absolute atomic E-state index is 13.2. The number of nitrogens with two attached hydrogens (primary N) is 1. The Balaban J connectivity index is 3.52. The predicted octanol–water partition coefficient (Wildman–Crippen LogP) is 1.57. The van der Waals surface area contributed by atoms with Gasteiger partial charge in [0.05, 0.1) is 11.4 Å². The van der Waals surface area contributed by atoms with Gasteiger partial charge in [0.1, 0.15) is 4.90 Å². The molecule has 1 rings (SSSR count). The second-order valence-corrected chi connectivity index (χ2v) is 7.23. The second-order valence-electron chi connectivity index (χ2n) is 5.43. The molecule has 0 atom stereocenters. The van der Waals surface area contributed by atoms with Gasteiger partial charge in [0, 0.05) is 25.7 Å². The Hall–Kier alpha value is -0.920. The van der Waals surface area contributed by atoms with E-state index in [4.69, 9.17) is 5.73 Å². The van der Waals surface area contributed by atoms with Crippen molar-refractivity contribution in [3.8, 4) is 0 Å². The standard InChI is InChI=1S/C14H28N4O2S/c1-7-14(8-2,10-15)18(9-3)21(19,20)13-11(4)16-17(6)12(13)5/h7-10,15H2,1-6H3. The van der Waals surface area contributed by atoms with Gasteiger partial charge in [-0.2, -0.15) is 9.40 Å². The second kappa shape index (κ2) is 6.46. The van der Waals surface area contributed by atoms with Crippen molar-refractivity contribution < 1.29 is 8.42 Å². The van der Waals surface area contributed by atoms with Gasteiger partial charge in [0.2, 0.25) is 10.0 Å². The first-order valence-corrected chi connectivity index (χ1v) is 8.88. The van der Waals surface area contributed by atoms with Crippen molar-refractivity contribution in [3.63, 3.8) is 0 Å². The van der Waals surface area contributed by atoms with E-state index in [0.29, 0.717) is 42.2 Å². The first-order valence-electron chi connectivity index (χ1n) is 7.44. The fraction of sp³-hybridized carbons (Fsp3) is 0.786. The molecule has 0 bridgehead atoms. The molecule has 21 heavy (non-hydrogen) atoms.